The van der Waals surface area contributed by atoms with Crippen LogP contribution in [0.4, 0.5) is 0 Å². The number of carbonyl (C=O) groups excluding carboxylic acids is 1. The molecule has 0 aliphatic rings. The third kappa shape index (κ3) is 3.34. The molecule has 0 spiro atoms. The minimum Gasteiger partial charge on any atom is -0.346 e. The molecule has 1 N–H and O–H groups in total. The van der Waals surface area contributed by atoms with Gasteiger partial charge < -0.3 is 5.32 Å². The third-order valence-corrected chi connectivity index (χ3v) is 4.96. The largest absolute Gasteiger partial charge is 0.346 e. The standard InChI is InChI=1S/C19H17N5OS/c1-13(18-23-22-16-9-5-6-10-24(16)18)20-17(25)11-15-12-26-19(21-15)14-7-3-2-4-8-14/h2-10,12-13H,11H2,1H3,(H,20,25). The molecule has 1 amide bonds. The number of carbonyl (C=O) groups is 1. The zero-order valence-electron chi connectivity index (χ0n) is 14.2. The van der Waals surface area contributed by atoms with Gasteiger partial charge in [0, 0.05) is 17.1 Å². The van der Waals surface area contributed by atoms with Crippen molar-refractivity contribution in [2.75, 3.05) is 0 Å². The average Bonchev–Trinajstić information content (AvgIpc) is 3.29. The van der Waals surface area contributed by atoms with Crippen LogP contribution in [0.2, 0.25) is 0 Å². The molecule has 7 heteroatoms. The maximum absolute atomic E-state index is 12.4. The molecule has 0 saturated carbocycles. The molecular formula is C19H17N5OS. The lowest BCUT2D eigenvalue weighted by atomic mass is 10.2. The van der Waals surface area contributed by atoms with Gasteiger partial charge in [-0.25, -0.2) is 4.98 Å². The minimum absolute atomic E-state index is 0.0879. The van der Waals surface area contributed by atoms with Gasteiger partial charge in [0.1, 0.15) is 5.01 Å². The Kier molecular flexibility index (Phi) is 4.45. The maximum atomic E-state index is 12.4. The number of nitrogens with one attached hydrogen (secondary N) is 1. The number of hydrogen-bond acceptors (Lipinski definition) is 5. The van der Waals surface area contributed by atoms with Crippen molar-refractivity contribution in [1.29, 1.82) is 0 Å². The van der Waals surface area contributed by atoms with E-state index in [2.05, 4.69) is 20.5 Å². The van der Waals surface area contributed by atoms with E-state index in [1.54, 1.807) is 11.3 Å². The molecule has 0 saturated heterocycles. The van der Waals surface area contributed by atoms with E-state index in [0.29, 0.717) is 5.82 Å². The van der Waals surface area contributed by atoms with E-state index in [9.17, 15) is 4.79 Å². The summed E-state index contributed by atoms with van der Waals surface area (Å²) in [6.07, 6.45) is 2.13. The van der Waals surface area contributed by atoms with Crippen LogP contribution in [-0.2, 0) is 11.2 Å². The molecule has 26 heavy (non-hydrogen) atoms. The van der Waals surface area contributed by atoms with Crippen molar-refractivity contribution in [1.82, 2.24) is 24.9 Å². The Morgan fingerprint density at radius 1 is 1.15 bits per heavy atom. The quantitative estimate of drug-likeness (QED) is 0.591. The molecular weight excluding hydrogens is 346 g/mol. The van der Waals surface area contributed by atoms with Crippen molar-refractivity contribution in [3.8, 4) is 10.6 Å². The number of pyridine rings is 1. The van der Waals surface area contributed by atoms with Crippen LogP contribution in [0.1, 0.15) is 24.5 Å². The normalized spacial score (nSPS) is 12.2. The van der Waals surface area contributed by atoms with Crippen LogP contribution in [0.25, 0.3) is 16.2 Å². The van der Waals surface area contributed by atoms with E-state index in [-0.39, 0.29) is 18.4 Å². The summed E-state index contributed by atoms with van der Waals surface area (Å²) in [5.74, 6) is 0.618. The van der Waals surface area contributed by atoms with E-state index < -0.39 is 0 Å². The topological polar surface area (TPSA) is 72.2 Å². The third-order valence-electron chi connectivity index (χ3n) is 4.02. The smallest absolute Gasteiger partial charge is 0.226 e. The van der Waals surface area contributed by atoms with E-state index in [0.717, 1.165) is 21.9 Å². The number of aromatic nitrogens is 4. The first-order chi connectivity index (χ1) is 12.7. The Morgan fingerprint density at radius 3 is 2.81 bits per heavy atom. The first-order valence-corrected chi connectivity index (χ1v) is 9.17. The van der Waals surface area contributed by atoms with E-state index in [1.807, 2.05) is 71.4 Å². The van der Waals surface area contributed by atoms with Gasteiger partial charge in [0.15, 0.2) is 11.5 Å². The predicted octanol–water partition coefficient (Wildman–Crippen LogP) is 3.27. The zero-order valence-corrected chi connectivity index (χ0v) is 15.0. The molecule has 1 unspecified atom stereocenters. The van der Waals surface area contributed by atoms with Crippen LogP contribution in [-0.4, -0.2) is 25.5 Å². The van der Waals surface area contributed by atoms with Gasteiger partial charge in [-0.2, -0.15) is 0 Å². The summed E-state index contributed by atoms with van der Waals surface area (Å²) in [6, 6.07) is 15.4. The highest BCUT2D eigenvalue weighted by Gasteiger charge is 2.16. The van der Waals surface area contributed by atoms with Gasteiger partial charge in [0.05, 0.1) is 18.2 Å². The first kappa shape index (κ1) is 16.4. The fourth-order valence-corrected chi connectivity index (χ4v) is 3.60. The molecule has 0 aliphatic carbocycles. The van der Waals surface area contributed by atoms with Crippen molar-refractivity contribution in [2.24, 2.45) is 0 Å². The van der Waals surface area contributed by atoms with Crippen molar-refractivity contribution in [3.05, 3.63) is 71.6 Å². The highest BCUT2D eigenvalue weighted by Crippen LogP contribution is 2.23. The summed E-state index contributed by atoms with van der Waals surface area (Å²) >= 11 is 1.55. The monoisotopic (exact) mass is 363 g/mol. The van der Waals surface area contributed by atoms with E-state index in [4.69, 9.17) is 0 Å². The molecule has 4 aromatic rings. The lowest BCUT2D eigenvalue weighted by Crippen LogP contribution is -2.29. The van der Waals surface area contributed by atoms with Crippen molar-refractivity contribution < 1.29 is 4.79 Å². The Labute approximate surface area is 154 Å². The van der Waals surface area contributed by atoms with Gasteiger partial charge >= 0.3 is 0 Å². The van der Waals surface area contributed by atoms with Gasteiger partial charge in [0.25, 0.3) is 0 Å². The van der Waals surface area contributed by atoms with Gasteiger partial charge in [-0.05, 0) is 19.1 Å². The average molecular weight is 363 g/mol. The molecule has 3 aromatic heterocycles. The Morgan fingerprint density at radius 2 is 1.96 bits per heavy atom. The molecule has 3 heterocycles. The number of amides is 1. The molecule has 0 fully saturated rings. The number of fused-ring (bicyclic) bond motifs is 1. The predicted molar refractivity (Wildman–Crippen MR) is 101 cm³/mol. The fourth-order valence-electron chi connectivity index (χ4n) is 2.78. The molecule has 130 valence electrons. The molecule has 6 nitrogen and oxygen atoms in total. The molecule has 0 aliphatic heterocycles. The van der Waals surface area contributed by atoms with Crippen LogP contribution in [0.3, 0.4) is 0 Å². The number of rotatable bonds is 5. The number of thiazole rings is 1. The zero-order chi connectivity index (χ0) is 17.9. The molecule has 0 radical (unpaired) electrons. The summed E-state index contributed by atoms with van der Waals surface area (Å²) in [7, 11) is 0. The Bertz CT molecular complexity index is 1040. The summed E-state index contributed by atoms with van der Waals surface area (Å²) in [5.41, 5.74) is 2.59. The molecule has 4 rings (SSSR count). The number of nitrogens with zero attached hydrogens (tertiary/aromatic N) is 4. The second kappa shape index (κ2) is 7.05. The van der Waals surface area contributed by atoms with Crippen LogP contribution in [0.5, 0.6) is 0 Å². The summed E-state index contributed by atoms with van der Waals surface area (Å²) < 4.78 is 1.88. The Hall–Kier alpha value is -3.06. The summed E-state index contributed by atoms with van der Waals surface area (Å²) in [4.78, 5) is 17.0. The van der Waals surface area contributed by atoms with E-state index in [1.165, 1.54) is 0 Å². The highest BCUT2D eigenvalue weighted by atomic mass is 32.1. The SMILES string of the molecule is CC(NC(=O)Cc1csc(-c2ccccc2)n1)c1nnc2ccccn12. The fraction of sp³-hybridized carbons (Fsp3) is 0.158. The van der Waals surface area contributed by atoms with Gasteiger partial charge in [-0.3, -0.25) is 9.20 Å². The first-order valence-electron chi connectivity index (χ1n) is 8.29. The van der Waals surface area contributed by atoms with Gasteiger partial charge in [0.2, 0.25) is 5.91 Å². The second-order valence-electron chi connectivity index (χ2n) is 5.96. The minimum atomic E-state index is -0.243. The van der Waals surface area contributed by atoms with Crippen LogP contribution in [0, 0.1) is 0 Å². The highest BCUT2D eigenvalue weighted by molar-refractivity contribution is 7.13. The van der Waals surface area contributed by atoms with Crippen molar-refractivity contribution in [3.63, 3.8) is 0 Å². The lowest BCUT2D eigenvalue weighted by molar-refractivity contribution is -0.121. The van der Waals surface area contributed by atoms with Gasteiger partial charge in [-0.15, -0.1) is 21.5 Å². The van der Waals surface area contributed by atoms with Gasteiger partial charge in [-0.1, -0.05) is 36.4 Å². The van der Waals surface area contributed by atoms with E-state index >= 15 is 0 Å². The van der Waals surface area contributed by atoms with Crippen LogP contribution >= 0.6 is 11.3 Å². The number of hydrogen-bond donors (Lipinski definition) is 1. The lowest BCUT2D eigenvalue weighted by Gasteiger charge is -2.11. The maximum Gasteiger partial charge on any atom is 0.226 e. The summed E-state index contributed by atoms with van der Waals surface area (Å²) in [5, 5.41) is 14.1. The van der Waals surface area contributed by atoms with Crippen molar-refractivity contribution >= 4 is 22.9 Å². The number of benzene rings is 1. The molecule has 0 bridgehead atoms. The van der Waals surface area contributed by atoms with Crippen molar-refractivity contribution in [2.45, 2.75) is 19.4 Å². The summed E-state index contributed by atoms with van der Waals surface area (Å²) in [6.45, 7) is 1.90. The van der Waals surface area contributed by atoms with Crippen LogP contribution in [0.15, 0.2) is 60.1 Å². The van der Waals surface area contributed by atoms with Crippen LogP contribution < -0.4 is 5.32 Å². The molecule has 1 aromatic carbocycles. The molecule has 1 atom stereocenters. The Balaban J connectivity index is 1.43. The second-order valence-corrected chi connectivity index (χ2v) is 6.82.